The number of fused-ring (bicyclic) bond motifs is 1. The number of benzene rings is 1. The summed E-state index contributed by atoms with van der Waals surface area (Å²) in [5.41, 5.74) is 1.70. The molecule has 0 aromatic heterocycles. The molecule has 1 saturated heterocycles. The molecule has 0 bridgehead atoms. The van der Waals surface area contributed by atoms with E-state index in [0.29, 0.717) is 31.7 Å². The fraction of sp³-hybridized carbons (Fsp3) is 0.467. The van der Waals surface area contributed by atoms with Gasteiger partial charge in [0.05, 0.1) is 12.6 Å². The Morgan fingerprint density at radius 1 is 1.33 bits per heavy atom. The van der Waals surface area contributed by atoms with Crippen LogP contribution >= 0.6 is 0 Å². The van der Waals surface area contributed by atoms with Crippen LogP contribution in [0.25, 0.3) is 0 Å². The van der Waals surface area contributed by atoms with Gasteiger partial charge in [0.1, 0.15) is 0 Å². The summed E-state index contributed by atoms with van der Waals surface area (Å²) in [7, 11) is 0. The van der Waals surface area contributed by atoms with Gasteiger partial charge in [-0.3, -0.25) is 0 Å². The Kier molecular flexibility index (Phi) is 3.79. The fourth-order valence-corrected chi connectivity index (χ4v) is 2.96. The second kappa shape index (κ2) is 5.73. The minimum Gasteiger partial charge on any atom is -0.479 e. The van der Waals surface area contributed by atoms with E-state index in [9.17, 15) is 14.7 Å². The van der Waals surface area contributed by atoms with Gasteiger partial charge in [-0.2, -0.15) is 0 Å². The third kappa shape index (κ3) is 2.71. The summed E-state index contributed by atoms with van der Waals surface area (Å²) in [4.78, 5) is 25.4. The van der Waals surface area contributed by atoms with E-state index in [1.54, 1.807) is 12.1 Å². The molecule has 2 amide bonds. The van der Waals surface area contributed by atoms with Crippen molar-refractivity contribution in [1.82, 2.24) is 10.2 Å². The van der Waals surface area contributed by atoms with Gasteiger partial charge in [0, 0.05) is 13.2 Å². The topological polar surface area (TPSA) is 78.9 Å². The van der Waals surface area contributed by atoms with Crippen LogP contribution < -0.4 is 5.32 Å². The molecule has 1 aromatic rings. The van der Waals surface area contributed by atoms with Gasteiger partial charge in [0.2, 0.25) is 0 Å². The van der Waals surface area contributed by atoms with Crippen LogP contribution in [0, 0.1) is 0 Å². The molecule has 1 fully saturated rings. The van der Waals surface area contributed by atoms with Gasteiger partial charge in [0.15, 0.2) is 6.04 Å². The summed E-state index contributed by atoms with van der Waals surface area (Å²) in [6, 6.07) is 6.14. The molecule has 2 atom stereocenters. The van der Waals surface area contributed by atoms with Crippen molar-refractivity contribution < 1.29 is 19.4 Å². The molecule has 0 radical (unpaired) electrons. The first kappa shape index (κ1) is 13.9. The highest BCUT2D eigenvalue weighted by molar-refractivity contribution is 5.85. The Balaban J connectivity index is 1.81. The molecule has 2 aliphatic rings. The van der Waals surface area contributed by atoms with Gasteiger partial charge in [-0.05, 0) is 24.0 Å². The summed E-state index contributed by atoms with van der Waals surface area (Å²) in [5.74, 6) is -1.00. The zero-order valence-electron chi connectivity index (χ0n) is 11.6. The van der Waals surface area contributed by atoms with Gasteiger partial charge in [0.25, 0.3) is 0 Å². The SMILES string of the molecule is O=C(O)C1c2ccccc2CCN1C(=O)NC1CCOC1. The summed E-state index contributed by atoms with van der Waals surface area (Å²) in [6.07, 6.45) is 1.45. The van der Waals surface area contributed by atoms with E-state index in [-0.39, 0.29) is 12.1 Å². The number of carboxylic acid groups (broad SMARTS) is 1. The number of hydrogen-bond donors (Lipinski definition) is 2. The molecule has 2 N–H and O–H groups in total. The van der Waals surface area contributed by atoms with Crippen LogP contribution in [0.2, 0.25) is 0 Å². The highest BCUT2D eigenvalue weighted by atomic mass is 16.5. The molecule has 2 heterocycles. The molecular weight excluding hydrogens is 272 g/mol. The van der Waals surface area contributed by atoms with Gasteiger partial charge in [-0.15, -0.1) is 0 Å². The minimum atomic E-state index is -1.00. The van der Waals surface area contributed by atoms with Gasteiger partial charge in [-0.1, -0.05) is 24.3 Å². The lowest BCUT2D eigenvalue weighted by atomic mass is 9.93. The van der Waals surface area contributed by atoms with Gasteiger partial charge in [-0.25, -0.2) is 9.59 Å². The number of aliphatic carboxylic acids is 1. The first-order valence-corrected chi connectivity index (χ1v) is 7.12. The van der Waals surface area contributed by atoms with Crippen LogP contribution in [0.1, 0.15) is 23.6 Å². The number of urea groups is 1. The van der Waals surface area contributed by atoms with Crippen LogP contribution in [0.3, 0.4) is 0 Å². The normalized spacial score (nSPS) is 24.5. The molecule has 1 aromatic carbocycles. The molecule has 6 nitrogen and oxygen atoms in total. The Morgan fingerprint density at radius 2 is 2.14 bits per heavy atom. The minimum absolute atomic E-state index is 0.0240. The number of rotatable bonds is 2. The van der Waals surface area contributed by atoms with Crippen molar-refractivity contribution >= 4 is 12.0 Å². The first-order chi connectivity index (χ1) is 10.2. The van der Waals surface area contributed by atoms with Crippen molar-refractivity contribution in [3.63, 3.8) is 0 Å². The van der Waals surface area contributed by atoms with Crippen LogP contribution in [-0.4, -0.2) is 47.8 Å². The zero-order chi connectivity index (χ0) is 14.8. The van der Waals surface area contributed by atoms with Crippen LogP contribution in [0.15, 0.2) is 24.3 Å². The highest BCUT2D eigenvalue weighted by Crippen LogP contribution is 2.30. The summed E-state index contributed by atoms with van der Waals surface area (Å²) < 4.78 is 5.23. The smallest absolute Gasteiger partial charge is 0.331 e. The van der Waals surface area contributed by atoms with Crippen molar-refractivity contribution in [3.05, 3.63) is 35.4 Å². The monoisotopic (exact) mass is 290 g/mol. The van der Waals surface area contributed by atoms with Crippen molar-refractivity contribution in [2.75, 3.05) is 19.8 Å². The Labute approximate surface area is 122 Å². The van der Waals surface area contributed by atoms with E-state index in [4.69, 9.17) is 4.74 Å². The largest absolute Gasteiger partial charge is 0.479 e. The Hall–Kier alpha value is -2.08. The zero-order valence-corrected chi connectivity index (χ0v) is 11.6. The lowest BCUT2D eigenvalue weighted by Gasteiger charge is -2.35. The average molecular weight is 290 g/mol. The standard InChI is InChI=1S/C15H18N2O4/c18-14(19)13-12-4-2-1-3-10(12)5-7-17(13)15(20)16-11-6-8-21-9-11/h1-4,11,13H,5-9H2,(H,16,20)(H,18,19). The van der Waals surface area contributed by atoms with Gasteiger partial charge >= 0.3 is 12.0 Å². The van der Waals surface area contributed by atoms with E-state index in [0.717, 1.165) is 12.0 Å². The molecule has 2 aliphatic heterocycles. The lowest BCUT2D eigenvalue weighted by molar-refractivity contribution is -0.142. The first-order valence-electron chi connectivity index (χ1n) is 7.12. The van der Waals surface area contributed by atoms with Crippen molar-refractivity contribution in [1.29, 1.82) is 0 Å². The quantitative estimate of drug-likeness (QED) is 0.857. The summed E-state index contributed by atoms with van der Waals surface area (Å²) >= 11 is 0. The third-order valence-electron chi connectivity index (χ3n) is 4.04. The summed E-state index contributed by atoms with van der Waals surface area (Å²) in [5, 5.41) is 12.4. The predicted octanol–water partition coefficient (Wildman–Crippen LogP) is 1.17. The number of nitrogens with one attached hydrogen (secondary N) is 1. The highest BCUT2D eigenvalue weighted by Gasteiger charge is 2.36. The van der Waals surface area contributed by atoms with Crippen LogP contribution in [0.4, 0.5) is 4.79 Å². The molecule has 0 aliphatic carbocycles. The number of carbonyl (C=O) groups excluding carboxylic acids is 1. The molecule has 0 saturated carbocycles. The second-order valence-electron chi connectivity index (χ2n) is 5.39. The van der Waals surface area contributed by atoms with E-state index < -0.39 is 12.0 Å². The van der Waals surface area contributed by atoms with E-state index >= 15 is 0 Å². The second-order valence-corrected chi connectivity index (χ2v) is 5.39. The predicted molar refractivity (Wildman–Crippen MR) is 75.0 cm³/mol. The van der Waals surface area contributed by atoms with E-state index in [1.807, 2.05) is 12.1 Å². The number of carbonyl (C=O) groups is 2. The molecule has 3 rings (SSSR count). The summed E-state index contributed by atoms with van der Waals surface area (Å²) in [6.45, 7) is 1.54. The molecular formula is C15H18N2O4. The van der Waals surface area contributed by atoms with Crippen molar-refractivity contribution in [2.45, 2.75) is 24.9 Å². The Bertz CT molecular complexity index is 554. The van der Waals surface area contributed by atoms with E-state index in [2.05, 4.69) is 5.32 Å². The number of carboxylic acids is 1. The third-order valence-corrected chi connectivity index (χ3v) is 4.04. The van der Waals surface area contributed by atoms with Crippen LogP contribution in [-0.2, 0) is 16.0 Å². The maximum atomic E-state index is 12.4. The van der Waals surface area contributed by atoms with Crippen molar-refractivity contribution in [2.24, 2.45) is 0 Å². The fourth-order valence-electron chi connectivity index (χ4n) is 2.96. The van der Waals surface area contributed by atoms with E-state index in [1.165, 1.54) is 4.90 Å². The molecule has 6 heteroatoms. The number of nitrogens with zero attached hydrogens (tertiary/aromatic N) is 1. The maximum absolute atomic E-state index is 12.4. The van der Waals surface area contributed by atoms with Crippen molar-refractivity contribution in [3.8, 4) is 0 Å². The van der Waals surface area contributed by atoms with Crippen LogP contribution in [0.5, 0.6) is 0 Å². The number of hydrogen-bond acceptors (Lipinski definition) is 3. The Morgan fingerprint density at radius 3 is 2.86 bits per heavy atom. The number of ether oxygens (including phenoxy) is 1. The molecule has 112 valence electrons. The number of amides is 2. The molecule has 0 spiro atoms. The lowest BCUT2D eigenvalue weighted by Crippen LogP contribution is -2.50. The average Bonchev–Trinajstić information content (AvgIpc) is 2.98. The molecule has 21 heavy (non-hydrogen) atoms. The van der Waals surface area contributed by atoms with Gasteiger partial charge < -0.3 is 20.1 Å². The molecule has 2 unspecified atom stereocenters. The maximum Gasteiger partial charge on any atom is 0.331 e.